The second kappa shape index (κ2) is 6.28. The van der Waals surface area contributed by atoms with Gasteiger partial charge < -0.3 is 5.11 Å². The summed E-state index contributed by atoms with van der Waals surface area (Å²) in [6.07, 6.45) is -4.43. The third kappa shape index (κ3) is 4.05. The number of thiophene rings is 1. The monoisotopic (exact) mass is 315 g/mol. The van der Waals surface area contributed by atoms with E-state index in [0.717, 1.165) is 17.0 Å². The van der Waals surface area contributed by atoms with Crippen LogP contribution in [0.3, 0.4) is 0 Å². The minimum absolute atomic E-state index is 0.284. The number of benzene rings is 1. The third-order valence-electron chi connectivity index (χ3n) is 2.88. The lowest BCUT2D eigenvalue weighted by Crippen LogP contribution is -2.27. The molecule has 2 aromatic rings. The molecule has 1 atom stereocenters. The zero-order chi connectivity index (χ0) is 15.5. The van der Waals surface area contributed by atoms with Gasteiger partial charge in [0.1, 0.15) is 6.04 Å². The first-order chi connectivity index (χ1) is 9.88. The zero-order valence-corrected chi connectivity index (χ0v) is 11.5. The van der Waals surface area contributed by atoms with Crippen LogP contribution < -0.4 is 5.32 Å². The van der Waals surface area contributed by atoms with Crippen molar-refractivity contribution in [1.82, 2.24) is 5.32 Å². The summed E-state index contributed by atoms with van der Waals surface area (Å²) in [5, 5.41) is 13.9. The molecule has 0 saturated carbocycles. The quantitative estimate of drug-likeness (QED) is 0.885. The molecule has 7 heteroatoms. The van der Waals surface area contributed by atoms with E-state index in [2.05, 4.69) is 5.32 Å². The molecule has 2 N–H and O–H groups in total. The highest BCUT2D eigenvalue weighted by Crippen LogP contribution is 2.30. The Morgan fingerprint density at radius 1 is 1.24 bits per heavy atom. The Balaban J connectivity index is 2.12. The van der Waals surface area contributed by atoms with Gasteiger partial charge >= 0.3 is 12.1 Å². The van der Waals surface area contributed by atoms with Gasteiger partial charge in [-0.1, -0.05) is 18.2 Å². The lowest BCUT2D eigenvalue weighted by Gasteiger charge is -2.15. The number of hydrogen-bond donors (Lipinski definition) is 2. The maximum atomic E-state index is 12.5. The van der Waals surface area contributed by atoms with Gasteiger partial charge in [0.25, 0.3) is 0 Å². The van der Waals surface area contributed by atoms with Gasteiger partial charge in [-0.2, -0.15) is 13.2 Å². The highest BCUT2D eigenvalue weighted by atomic mass is 32.1. The Labute approximate surface area is 123 Å². The molecule has 21 heavy (non-hydrogen) atoms. The molecule has 0 aliphatic carbocycles. The lowest BCUT2D eigenvalue weighted by molar-refractivity contribution is -0.139. The van der Waals surface area contributed by atoms with Crippen LogP contribution in [0.25, 0.3) is 0 Å². The van der Waals surface area contributed by atoms with E-state index < -0.39 is 23.8 Å². The largest absolute Gasteiger partial charge is 0.480 e. The molecule has 0 amide bonds. The van der Waals surface area contributed by atoms with Crippen LogP contribution >= 0.6 is 11.3 Å². The first kappa shape index (κ1) is 15.5. The van der Waals surface area contributed by atoms with Crippen LogP contribution in [0.1, 0.15) is 22.0 Å². The molecular weight excluding hydrogens is 303 g/mol. The number of carboxylic acid groups (broad SMARTS) is 1. The minimum Gasteiger partial charge on any atom is -0.480 e. The summed E-state index contributed by atoms with van der Waals surface area (Å²) in [5.74, 6) is -1.13. The third-order valence-corrected chi connectivity index (χ3v) is 3.76. The number of nitrogens with one attached hydrogen (secondary N) is 1. The molecule has 1 heterocycles. The molecule has 1 unspecified atom stereocenters. The summed E-state index contributed by atoms with van der Waals surface area (Å²) in [6.45, 7) is 0.343. The predicted molar refractivity (Wildman–Crippen MR) is 73.0 cm³/mol. The second-order valence-corrected chi connectivity index (χ2v) is 5.38. The fourth-order valence-corrected chi connectivity index (χ4v) is 2.48. The summed E-state index contributed by atoms with van der Waals surface area (Å²) >= 11 is 1.47. The Morgan fingerprint density at radius 2 is 1.90 bits per heavy atom. The Kier molecular flexibility index (Phi) is 4.64. The number of aliphatic carboxylic acids is 1. The van der Waals surface area contributed by atoms with E-state index in [-0.39, 0.29) is 5.56 Å². The van der Waals surface area contributed by atoms with Crippen molar-refractivity contribution in [3.05, 3.63) is 57.8 Å². The smallest absolute Gasteiger partial charge is 0.416 e. The molecule has 0 aliphatic rings. The van der Waals surface area contributed by atoms with E-state index in [1.807, 2.05) is 17.5 Å². The van der Waals surface area contributed by atoms with Crippen molar-refractivity contribution in [1.29, 1.82) is 0 Å². The van der Waals surface area contributed by atoms with E-state index in [9.17, 15) is 23.1 Å². The maximum absolute atomic E-state index is 12.5. The van der Waals surface area contributed by atoms with Crippen LogP contribution in [0, 0.1) is 0 Å². The van der Waals surface area contributed by atoms with Crippen LogP contribution in [0.5, 0.6) is 0 Å². The van der Waals surface area contributed by atoms with Crippen LogP contribution in [-0.4, -0.2) is 11.1 Å². The summed E-state index contributed by atoms with van der Waals surface area (Å²) in [4.78, 5) is 12.2. The molecule has 2 rings (SSSR count). The van der Waals surface area contributed by atoms with E-state index in [0.29, 0.717) is 6.54 Å². The Morgan fingerprint density at radius 3 is 2.38 bits per heavy atom. The molecular formula is C14H12F3NO2S. The van der Waals surface area contributed by atoms with Gasteiger partial charge in [0.15, 0.2) is 0 Å². The van der Waals surface area contributed by atoms with Crippen molar-refractivity contribution in [3.8, 4) is 0 Å². The van der Waals surface area contributed by atoms with Crippen LogP contribution in [0.2, 0.25) is 0 Å². The van der Waals surface area contributed by atoms with Gasteiger partial charge in [0, 0.05) is 11.4 Å². The Hall–Kier alpha value is -1.86. The van der Waals surface area contributed by atoms with Crippen LogP contribution in [0.4, 0.5) is 13.2 Å². The van der Waals surface area contributed by atoms with Gasteiger partial charge in [0.05, 0.1) is 5.56 Å². The van der Waals surface area contributed by atoms with Crippen molar-refractivity contribution < 1.29 is 23.1 Å². The number of rotatable bonds is 5. The van der Waals surface area contributed by atoms with Gasteiger partial charge in [-0.15, -0.1) is 11.3 Å². The molecule has 1 aromatic heterocycles. The van der Waals surface area contributed by atoms with E-state index >= 15 is 0 Å². The fourth-order valence-electron chi connectivity index (χ4n) is 1.83. The van der Waals surface area contributed by atoms with Gasteiger partial charge in [-0.25, -0.2) is 0 Å². The molecule has 0 radical (unpaired) electrons. The topological polar surface area (TPSA) is 49.3 Å². The Bertz CT molecular complexity index is 594. The molecule has 0 fully saturated rings. The molecule has 1 aromatic carbocycles. The molecule has 112 valence electrons. The van der Waals surface area contributed by atoms with Gasteiger partial charge in [-0.05, 0) is 29.1 Å². The van der Waals surface area contributed by atoms with Crippen molar-refractivity contribution >= 4 is 17.3 Å². The van der Waals surface area contributed by atoms with Gasteiger partial charge in [0.2, 0.25) is 0 Å². The molecule has 0 spiro atoms. The summed E-state index contributed by atoms with van der Waals surface area (Å²) in [5.41, 5.74) is -0.513. The fraction of sp³-hybridized carbons (Fsp3) is 0.214. The lowest BCUT2D eigenvalue weighted by atomic mass is 10.0. The van der Waals surface area contributed by atoms with Crippen molar-refractivity contribution in [2.24, 2.45) is 0 Å². The standard InChI is InChI=1S/C14H12F3NO2S/c15-14(16,17)10-5-3-9(4-6-10)12(13(19)20)18-8-11-2-1-7-21-11/h1-7,12,18H,8H2,(H,19,20). The molecule has 0 bridgehead atoms. The van der Waals surface area contributed by atoms with E-state index in [1.165, 1.54) is 23.5 Å². The number of alkyl halides is 3. The highest BCUT2D eigenvalue weighted by molar-refractivity contribution is 7.09. The van der Waals surface area contributed by atoms with Crippen molar-refractivity contribution in [2.75, 3.05) is 0 Å². The number of halogens is 3. The van der Waals surface area contributed by atoms with E-state index in [4.69, 9.17) is 0 Å². The first-order valence-corrected chi connectivity index (χ1v) is 6.91. The summed E-state index contributed by atoms with van der Waals surface area (Å²) < 4.78 is 37.4. The zero-order valence-electron chi connectivity index (χ0n) is 10.7. The average Bonchev–Trinajstić information content (AvgIpc) is 2.91. The first-order valence-electron chi connectivity index (χ1n) is 6.03. The SMILES string of the molecule is O=C(O)C(NCc1cccs1)c1ccc(C(F)(F)F)cc1. The molecule has 0 saturated heterocycles. The number of carbonyl (C=O) groups is 1. The predicted octanol–water partition coefficient (Wildman–Crippen LogP) is 3.68. The van der Waals surface area contributed by atoms with Crippen LogP contribution in [-0.2, 0) is 17.5 Å². The number of carboxylic acids is 1. The molecule has 3 nitrogen and oxygen atoms in total. The summed E-state index contributed by atoms with van der Waals surface area (Å²) in [6, 6.07) is 6.79. The second-order valence-electron chi connectivity index (χ2n) is 4.35. The summed E-state index contributed by atoms with van der Waals surface area (Å²) in [7, 11) is 0. The highest BCUT2D eigenvalue weighted by Gasteiger charge is 2.30. The van der Waals surface area contributed by atoms with E-state index in [1.54, 1.807) is 0 Å². The minimum atomic E-state index is -4.43. The number of hydrogen-bond acceptors (Lipinski definition) is 3. The van der Waals surface area contributed by atoms with Crippen LogP contribution in [0.15, 0.2) is 41.8 Å². The molecule has 0 aliphatic heterocycles. The van der Waals surface area contributed by atoms with Crippen molar-refractivity contribution in [2.45, 2.75) is 18.8 Å². The normalized spacial score (nSPS) is 13.1. The maximum Gasteiger partial charge on any atom is 0.416 e. The van der Waals surface area contributed by atoms with Crippen molar-refractivity contribution in [3.63, 3.8) is 0 Å². The average molecular weight is 315 g/mol. The van der Waals surface area contributed by atoms with Gasteiger partial charge in [-0.3, -0.25) is 10.1 Å².